The summed E-state index contributed by atoms with van der Waals surface area (Å²) in [5.74, 6) is -0.0599. The number of aryl methyl sites for hydroxylation is 1. The Morgan fingerprint density at radius 2 is 2.00 bits per heavy atom. The van der Waals surface area contributed by atoms with Crippen molar-refractivity contribution in [1.82, 2.24) is 4.90 Å². The molecular weight excluding hydrogens is 358 g/mol. The van der Waals surface area contributed by atoms with Crippen LogP contribution in [-0.2, 0) is 19.7 Å². The second kappa shape index (κ2) is 7.07. The van der Waals surface area contributed by atoms with E-state index >= 15 is 0 Å². The Kier molecular flexibility index (Phi) is 4.86. The van der Waals surface area contributed by atoms with E-state index in [1.807, 2.05) is 30.0 Å². The van der Waals surface area contributed by atoms with Crippen molar-refractivity contribution in [2.45, 2.75) is 44.4 Å². The van der Waals surface area contributed by atoms with Gasteiger partial charge < -0.3 is 19.5 Å². The number of benzene rings is 1. The van der Waals surface area contributed by atoms with Gasteiger partial charge in [0.15, 0.2) is 0 Å². The quantitative estimate of drug-likeness (QED) is 0.860. The van der Waals surface area contributed by atoms with Gasteiger partial charge in [0.25, 0.3) is 0 Å². The van der Waals surface area contributed by atoms with Crippen LogP contribution < -0.4 is 4.74 Å². The molecule has 2 saturated heterocycles. The largest absolute Gasteiger partial charge is 0.496 e. The second-order valence-electron chi connectivity index (χ2n) is 8.64. The first-order chi connectivity index (χ1) is 13.4. The Bertz CT molecular complexity index is 785. The zero-order valence-corrected chi connectivity index (χ0v) is 16.7. The first-order valence-corrected chi connectivity index (χ1v) is 10.2. The number of carboxylic acid groups (broad SMARTS) is 1. The standard InChI is InChI=1S/C22H29NO5/c1-15-5-6-16(11-18(15)27-2)21(7-3-4-8-21)19(24)23-12-17-13-28-10-9-22(17,14-23)20(25)26/h5-6,11,17H,3-4,7-10,12-14H2,1-2H3,(H,25,26)/t17-,22+/m0/s1. The average Bonchev–Trinajstić information content (AvgIpc) is 3.34. The van der Waals surface area contributed by atoms with Gasteiger partial charge >= 0.3 is 5.97 Å². The number of nitrogens with zero attached hydrogens (tertiary/aromatic N) is 1. The summed E-state index contributed by atoms with van der Waals surface area (Å²) in [7, 11) is 1.65. The summed E-state index contributed by atoms with van der Waals surface area (Å²) in [5.41, 5.74) is 0.599. The molecule has 1 N–H and O–H groups in total. The highest BCUT2D eigenvalue weighted by Gasteiger charge is 2.57. The van der Waals surface area contributed by atoms with E-state index in [0.717, 1.165) is 42.6 Å². The predicted octanol–water partition coefficient (Wildman–Crippen LogP) is 2.77. The third-order valence-electron chi connectivity index (χ3n) is 7.25. The van der Waals surface area contributed by atoms with Crippen LogP contribution >= 0.6 is 0 Å². The van der Waals surface area contributed by atoms with E-state index in [1.165, 1.54) is 0 Å². The van der Waals surface area contributed by atoms with Gasteiger partial charge in [-0.15, -0.1) is 0 Å². The average molecular weight is 387 g/mol. The molecule has 1 saturated carbocycles. The Labute approximate surface area is 165 Å². The molecule has 0 bridgehead atoms. The Balaban J connectivity index is 1.68. The van der Waals surface area contributed by atoms with Crippen LogP contribution in [0.5, 0.6) is 5.75 Å². The van der Waals surface area contributed by atoms with E-state index in [-0.39, 0.29) is 11.8 Å². The van der Waals surface area contributed by atoms with Gasteiger partial charge in [0.05, 0.1) is 24.5 Å². The van der Waals surface area contributed by atoms with Gasteiger partial charge in [-0.05, 0) is 43.4 Å². The maximum absolute atomic E-state index is 13.8. The molecule has 0 aromatic heterocycles. The Morgan fingerprint density at radius 3 is 2.64 bits per heavy atom. The highest BCUT2D eigenvalue weighted by molar-refractivity contribution is 5.90. The van der Waals surface area contributed by atoms with Gasteiger partial charge in [0.1, 0.15) is 5.75 Å². The first-order valence-electron chi connectivity index (χ1n) is 10.2. The van der Waals surface area contributed by atoms with Crippen molar-refractivity contribution in [1.29, 1.82) is 0 Å². The van der Waals surface area contributed by atoms with Crippen molar-refractivity contribution >= 4 is 11.9 Å². The number of carboxylic acids is 1. The lowest BCUT2D eigenvalue weighted by molar-refractivity contribution is -0.157. The van der Waals surface area contributed by atoms with E-state index in [2.05, 4.69) is 0 Å². The van der Waals surface area contributed by atoms with E-state index in [4.69, 9.17) is 9.47 Å². The number of hydrogen-bond donors (Lipinski definition) is 1. The molecule has 152 valence electrons. The van der Waals surface area contributed by atoms with Gasteiger partial charge in [0, 0.05) is 25.6 Å². The van der Waals surface area contributed by atoms with E-state index < -0.39 is 16.8 Å². The van der Waals surface area contributed by atoms with Gasteiger partial charge in [-0.25, -0.2) is 0 Å². The van der Waals surface area contributed by atoms with Crippen molar-refractivity contribution in [2.75, 3.05) is 33.4 Å². The minimum Gasteiger partial charge on any atom is -0.496 e. The molecule has 0 unspecified atom stereocenters. The number of aliphatic carboxylic acids is 1. The van der Waals surface area contributed by atoms with Crippen LogP contribution in [-0.4, -0.2) is 55.3 Å². The smallest absolute Gasteiger partial charge is 0.311 e. The van der Waals surface area contributed by atoms with Crippen LogP contribution in [0, 0.1) is 18.3 Å². The molecule has 1 aliphatic carbocycles. The van der Waals surface area contributed by atoms with Crippen molar-refractivity contribution in [3.05, 3.63) is 29.3 Å². The van der Waals surface area contributed by atoms with Crippen molar-refractivity contribution in [2.24, 2.45) is 11.3 Å². The number of rotatable bonds is 4. The number of amides is 1. The van der Waals surface area contributed by atoms with Crippen molar-refractivity contribution in [3.63, 3.8) is 0 Å². The predicted molar refractivity (Wildman–Crippen MR) is 103 cm³/mol. The summed E-state index contributed by atoms with van der Waals surface area (Å²) >= 11 is 0. The highest BCUT2D eigenvalue weighted by atomic mass is 16.5. The van der Waals surface area contributed by atoms with Crippen molar-refractivity contribution in [3.8, 4) is 5.75 Å². The molecule has 6 heteroatoms. The van der Waals surface area contributed by atoms with Crippen LogP contribution in [0.3, 0.4) is 0 Å². The summed E-state index contributed by atoms with van der Waals surface area (Å²) in [6.45, 7) is 3.62. The number of carbonyl (C=O) groups excluding carboxylic acids is 1. The SMILES string of the molecule is COc1cc(C2(C(=O)N3C[C@H]4COCC[C@@]4(C(=O)O)C3)CCCC2)ccc1C. The summed E-state index contributed by atoms with van der Waals surface area (Å²) < 4.78 is 11.0. The maximum Gasteiger partial charge on any atom is 0.311 e. The lowest BCUT2D eigenvalue weighted by atomic mass is 9.74. The Morgan fingerprint density at radius 1 is 1.25 bits per heavy atom. The summed E-state index contributed by atoms with van der Waals surface area (Å²) in [5, 5.41) is 9.93. The molecular formula is C22H29NO5. The number of ether oxygens (including phenoxy) is 2. The molecule has 1 amide bonds. The first kappa shape index (κ1) is 19.2. The Hall–Kier alpha value is -2.08. The summed E-state index contributed by atoms with van der Waals surface area (Å²) in [6, 6.07) is 6.05. The van der Waals surface area contributed by atoms with Gasteiger partial charge in [-0.1, -0.05) is 25.0 Å². The monoisotopic (exact) mass is 387 g/mol. The van der Waals surface area contributed by atoms with Crippen LogP contribution in [0.2, 0.25) is 0 Å². The number of hydrogen-bond acceptors (Lipinski definition) is 4. The molecule has 2 heterocycles. The van der Waals surface area contributed by atoms with Gasteiger partial charge in [0.2, 0.25) is 5.91 Å². The third-order valence-corrected chi connectivity index (χ3v) is 7.25. The fourth-order valence-electron chi connectivity index (χ4n) is 5.48. The summed E-state index contributed by atoms with van der Waals surface area (Å²) in [6.07, 6.45) is 4.09. The normalized spacial score (nSPS) is 28.8. The molecule has 1 aromatic rings. The zero-order chi connectivity index (χ0) is 19.9. The summed E-state index contributed by atoms with van der Waals surface area (Å²) in [4.78, 5) is 27.7. The third kappa shape index (κ3) is 2.81. The lowest BCUT2D eigenvalue weighted by Gasteiger charge is -2.35. The lowest BCUT2D eigenvalue weighted by Crippen LogP contribution is -2.47. The van der Waals surface area contributed by atoms with Crippen LogP contribution in [0.25, 0.3) is 0 Å². The van der Waals surface area contributed by atoms with Gasteiger partial charge in [-0.3, -0.25) is 9.59 Å². The van der Waals surface area contributed by atoms with Crippen LogP contribution in [0.1, 0.15) is 43.2 Å². The number of likely N-dealkylation sites (tertiary alicyclic amines) is 1. The molecule has 3 fully saturated rings. The van der Waals surface area contributed by atoms with E-state index in [1.54, 1.807) is 7.11 Å². The molecule has 0 spiro atoms. The fourth-order valence-corrected chi connectivity index (χ4v) is 5.48. The second-order valence-corrected chi connectivity index (χ2v) is 8.64. The fraction of sp³-hybridized carbons (Fsp3) is 0.636. The van der Waals surface area contributed by atoms with E-state index in [0.29, 0.717) is 32.7 Å². The number of fused-ring (bicyclic) bond motifs is 1. The van der Waals surface area contributed by atoms with Crippen molar-refractivity contribution < 1.29 is 24.2 Å². The number of carbonyl (C=O) groups is 2. The highest BCUT2D eigenvalue weighted by Crippen LogP contribution is 2.48. The molecule has 28 heavy (non-hydrogen) atoms. The molecule has 2 atom stereocenters. The molecule has 2 aliphatic heterocycles. The maximum atomic E-state index is 13.8. The zero-order valence-electron chi connectivity index (χ0n) is 16.7. The molecule has 0 radical (unpaired) electrons. The van der Waals surface area contributed by atoms with E-state index in [9.17, 15) is 14.7 Å². The van der Waals surface area contributed by atoms with Crippen LogP contribution in [0.15, 0.2) is 18.2 Å². The molecule has 4 rings (SSSR count). The topological polar surface area (TPSA) is 76.1 Å². The molecule has 1 aromatic carbocycles. The minimum absolute atomic E-state index is 0.0749. The molecule has 3 aliphatic rings. The molecule has 6 nitrogen and oxygen atoms in total. The van der Waals surface area contributed by atoms with Gasteiger partial charge in [-0.2, -0.15) is 0 Å². The minimum atomic E-state index is -0.862. The van der Waals surface area contributed by atoms with Crippen LogP contribution in [0.4, 0.5) is 0 Å². The number of methoxy groups -OCH3 is 1.